The summed E-state index contributed by atoms with van der Waals surface area (Å²) in [4.78, 5) is 0. The summed E-state index contributed by atoms with van der Waals surface area (Å²) in [5.41, 5.74) is 1.09. The van der Waals surface area contributed by atoms with E-state index in [1.807, 2.05) is 0 Å². The molecule has 0 spiro atoms. The second kappa shape index (κ2) is 4.09. The van der Waals surface area contributed by atoms with Crippen molar-refractivity contribution in [2.24, 2.45) is 0 Å². The van der Waals surface area contributed by atoms with E-state index in [0.29, 0.717) is 0 Å². The van der Waals surface area contributed by atoms with Crippen LogP contribution in [0.25, 0.3) is 0 Å². The maximum Gasteiger partial charge on any atom is 0.208 e. The first kappa shape index (κ1) is 7.32. The zero-order chi connectivity index (χ0) is 7.23. The van der Waals surface area contributed by atoms with E-state index in [4.69, 9.17) is 0 Å². The fourth-order valence-corrected chi connectivity index (χ4v) is 0.882. The van der Waals surface area contributed by atoms with Crippen molar-refractivity contribution >= 4 is 0 Å². The number of hydrogen-bond donors (Lipinski definition) is 0. The van der Waals surface area contributed by atoms with E-state index in [9.17, 15) is 0 Å². The molecule has 0 aromatic carbocycles. The number of rotatable bonds is 4. The van der Waals surface area contributed by atoms with Gasteiger partial charge in [0.15, 0.2) is 0 Å². The topological polar surface area (TPSA) is 26.0 Å². The van der Waals surface area contributed by atoms with Crippen molar-refractivity contribution in [1.29, 1.82) is 0 Å². The van der Waals surface area contributed by atoms with Gasteiger partial charge in [-0.1, -0.05) is 24.9 Å². The molecule has 0 unspecified atom stereocenters. The van der Waals surface area contributed by atoms with Crippen LogP contribution in [-0.2, 0) is 6.42 Å². The largest absolute Gasteiger partial charge is 0.353 e. The van der Waals surface area contributed by atoms with Crippen LogP contribution in [0, 0.1) is 6.26 Å². The van der Waals surface area contributed by atoms with Gasteiger partial charge in [-0.3, -0.25) is 0 Å². The molecule has 1 heterocycles. The molecule has 0 amide bonds. The highest BCUT2D eigenvalue weighted by molar-refractivity contribution is 4.97. The lowest BCUT2D eigenvalue weighted by molar-refractivity contribution is 0.411. The molecule has 1 rings (SSSR count). The number of aromatic nitrogens is 1. The molecule has 55 valence electrons. The van der Waals surface area contributed by atoms with Gasteiger partial charge in [0.2, 0.25) is 6.26 Å². The van der Waals surface area contributed by atoms with Crippen LogP contribution < -0.4 is 0 Å². The van der Waals surface area contributed by atoms with E-state index in [2.05, 4.69) is 22.9 Å². The van der Waals surface area contributed by atoms with E-state index in [1.54, 1.807) is 6.20 Å². The predicted octanol–water partition coefficient (Wildman–Crippen LogP) is 2.21. The lowest BCUT2D eigenvalue weighted by Crippen LogP contribution is -1.80. The van der Waals surface area contributed by atoms with E-state index < -0.39 is 0 Å². The first-order chi connectivity index (χ1) is 4.93. The summed E-state index contributed by atoms with van der Waals surface area (Å²) in [7, 11) is 0. The highest BCUT2D eigenvalue weighted by Crippen LogP contribution is 2.03. The third kappa shape index (κ3) is 2.21. The fourth-order valence-electron chi connectivity index (χ4n) is 0.882. The molecule has 2 heteroatoms. The second-order valence-electron chi connectivity index (χ2n) is 2.41. The first-order valence-corrected chi connectivity index (χ1v) is 3.74. The molecule has 0 atom stereocenters. The highest BCUT2D eigenvalue weighted by Gasteiger charge is 1.94. The minimum atomic E-state index is 1.05. The third-order valence-electron chi connectivity index (χ3n) is 1.49. The van der Waals surface area contributed by atoms with Crippen molar-refractivity contribution in [3.8, 4) is 0 Å². The quantitative estimate of drug-likeness (QED) is 0.596. The average molecular weight is 138 g/mol. The maximum absolute atomic E-state index is 4.57. The Balaban J connectivity index is 2.15. The van der Waals surface area contributed by atoms with Crippen molar-refractivity contribution in [3.63, 3.8) is 0 Å². The lowest BCUT2D eigenvalue weighted by atomic mass is 10.1. The smallest absolute Gasteiger partial charge is 0.208 e. The molecule has 0 aliphatic heterocycles. The van der Waals surface area contributed by atoms with Gasteiger partial charge in [0.1, 0.15) is 0 Å². The Morgan fingerprint density at radius 2 is 2.50 bits per heavy atom. The van der Waals surface area contributed by atoms with Crippen molar-refractivity contribution in [2.45, 2.75) is 32.6 Å². The molecule has 0 saturated heterocycles. The summed E-state index contributed by atoms with van der Waals surface area (Å²) >= 11 is 0. The monoisotopic (exact) mass is 138 g/mol. The molecule has 1 aromatic rings. The molecule has 0 fully saturated rings. The van der Waals surface area contributed by atoms with E-state index in [-0.39, 0.29) is 0 Å². The lowest BCUT2D eigenvalue weighted by Gasteiger charge is -1.91. The molecule has 0 N–H and O–H groups in total. The summed E-state index contributed by atoms with van der Waals surface area (Å²) in [5.74, 6) is 0. The van der Waals surface area contributed by atoms with E-state index in [1.165, 1.54) is 19.3 Å². The van der Waals surface area contributed by atoms with Gasteiger partial charge in [-0.05, 0) is 12.8 Å². The molecule has 10 heavy (non-hydrogen) atoms. The molecule has 2 nitrogen and oxygen atoms in total. The average Bonchev–Trinajstić information content (AvgIpc) is 2.41. The maximum atomic E-state index is 4.57. The van der Waals surface area contributed by atoms with Gasteiger partial charge in [-0.15, -0.1) is 0 Å². The van der Waals surface area contributed by atoms with Gasteiger partial charge in [0.25, 0.3) is 0 Å². The zero-order valence-corrected chi connectivity index (χ0v) is 6.26. The minimum Gasteiger partial charge on any atom is -0.353 e. The van der Waals surface area contributed by atoms with Gasteiger partial charge in [0.05, 0.1) is 6.20 Å². The highest BCUT2D eigenvalue weighted by atomic mass is 16.5. The van der Waals surface area contributed by atoms with Gasteiger partial charge < -0.3 is 4.52 Å². The molecular formula is C8H12NO. The van der Waals surface area contributed by atoms with Crippen LogP contribution in [0.3, 0.4) is 0 Å². The van der Waals surface area contributed by atoms with Gasteiger partial charge in [-0.25, -0.2) is 0 Å². The summed E-state index contributed by atoms with van der Waals surface area (Å²) in [6.45, 7) is 2.19. The van der Waals surface area contributed by atoms with Gasteiger partial charge in [-0.2, -0.15) is 0 Å². The van der Waals surface area contributed by atoms with Crippen LogP contribution in [0.2, 0.25) is 0 Å². The summed E-state index contributed by atoms with van der Waals surface area (Å²) < 4.78 is 4.57. The van der Waals surface area contributed by atoms with Gasteiger partial charge in [0, 0.05) is 5.56 Å². The number of unbranched alkanes of at least 4 members (excludes halogenated alkanes) is 2. The van der Waals surface area contributed by atoms with E-state index in [0.717, 1.165) is 12.0 Å². The Kier molecular flexibility index (Phi) is 3.00. The van der Waals surface area contributed by atoms with Crippen LogP contribution in [0.15, 0.2) is 10.7 Å². The zero-order valence-electron chi connectivity index (χ0n) is 6.26. The number of aryl methyl sites for hydroxylation is 1. The normalized spacial score (nSPS) is 10.1. The van der Waals surface area contributed by atoms with Crippen LogP contribution in [0.4, 0.5) is 0 Å². The van der Waals surface area contributed by atoms with Gasteiger partial charge >= 0.3 is 0 Å². The van der Waals surface area contributed by atoms with Crippen LogP contribution >= 0.6 is 0 Å². The first-order valence-electron chi connectivity index (χ1n) is 3.74. The Morgan fingerprint density at radius 1 is 1.60 bits per heavy atom. The summed E-state index contributed by atoms with van der Waals surface area (Å²) in [5, 5.41) is 3.57. The van der Waals surface area contributed by atoms with Crippen molar-refractivity contribution in [3.05, 3.63) is 18.0 Å². The van der Waals surface area contributed by atoms with Crippen molar-refractivity contribution in [1.82, 2.24) is 5.16 Å². The minimum absolute atomic E-state index is 1.05. The molecule has 1 radical (unpaired) electrons. The van der Waals surface area contributed by atoms with Crippen LogP contribution in [0.1, 0.15) is 31.7 Å². The Morgan fingerprint density at radius 3 is 3.10 bits per heavy atom. The van der Waals surface area contributed by atoms with Crippen molar-refractivity contribution in [2.75, 3.05) is 0 Å². The summed E-state index contributed by atoms with van der Waals surface area (Å²) in [6, 6.07) is 0. The summed E-state index contributed by atoms with van der Waals surface area (Å²) in [6.07, 6.45) is 9.24. The molecule has 0 aliphatic carbocycles. The van der Waals surface area contributed by atoms with Crippen LogP contribution in [-0.4, -0.2) is 5.16 Å². The fraction of sp³-hybridized carbons (Fsp3) is 0.625. The number of hydrogen-bond acceptors (Lipinski definition) is 2. The molecular weight excluding hydrogens is 126 g/mol. The Labute approximate surface area is 61.2 Å². The third-order valence-corrected chi connectivity index (χ3v) is 1.49. The van der Waals surface area contributed by atoms with Crippen LogP contribution in [0.5, 0.6) is 0 Å². The molecule has 1 aromatic heterocycles. The second-order valence-corrected chi connectivity index (χ2v) is 2.41. The Bertz CT molecular complexity index is 158. The van der Waals surface area contributed by atoms with Crippen molar-refractivity contribution < 1.29 is 4.52 Å². The molecule has 0 saturated carbocycles. The standard InChI is InChI=1S/C8H12NO/c1-2-3-4-5-8-6-9-10-7-8/h6H,2-5H2,1H3. The Hall–Kier alpha value is -0.790. The van der Waals surface area contributed by atoms with E-state index >= 15 is 0 Å². The SMILES string of the molecule is CCCCCc1[c]onc1. The molecule has 0 bridgehead atoms. The molecule has 0 aliphatic rings. The number of nitrogens with zero attached hydrogens (tertiary/aromatic N) is 1. The predicted molar refractivity (Wildman–Crippen MR) is 38.6 cm³/mol.